The Hall–Kier alpha value is -1.65. The van der Waals surface area contributed by atoms with E-state index in [1.54, 1.807) is 17.5 Å². The number of rotatable bonds is 3. The van der Waals surface area contributed by atoms with Crippen LogP contribution in [0.3, 0.4) is 0 Å². The summed E-state index contributed by atoms with van der Waals surface area (Å²) in [5, 5.41) is 2.34. The maximum atomic E-state index is 6.25. The number of hydrogen-bond donors (Lipinski definition) is 1. The highest BCUT2D eigenvalue weighted by Crippen LogP contribution is 2.32. The highest BCUT2D eigenvalue weighted by atomic mass is 35.5. The molecule has 0 aliphatic carbocycles. The van der Waals surface area contributed by atoms with Crippen LogP contribution in [0.5, 0.6) is 0 Å². The summed E-state index contributed by atoms with van der Waals surface area (Å²) in [5.41, 5.74) is 9.06. The number of hydrogen-bond acceptors (Lipinski definition) is 4. The number of fused-ring (bicyclic) bond motifs is 1. The summed E-state index contributed by atoms with van der Waals surface area (Å²) in [6.07, 6.45) is 2.58. The fourth-order valence-corrected chi connectivity index (χ4v) is 3.70. The number of aromatic nitrogens is 2. The van der Waals surface area contributed by atoms with Crippen molar-refractivity contribution in [1.82, 2.24) is 9.97 Å². The molecule has 1 aromatic carbocycles. The van der Waals surface area contributed by atoms with Gasteiger partial charge in [-0.2, -0.15) is 0 Å². The zero-order valence-electron chi connectivity index (χ0n) is 11.9. The third kappa shape index (κ3) is 2.74. The number of pyridine rings is 1. The van der Waals surface area contributed by atoms with Gasteiger partial charge in [0.2, 0.25) is 0 Å². The minimum Gasteiger partial charge on any atom is -0.375 e. The zero-order chi connectivity index (χ0) is 15.0. The van der Waals surface area contributed by atoms with Crippen LogP contribution in [0.2, 0.25) is 5.02 Å². The Morgan fingerprint density at radius 2 is 2.10 bits per heavy atom. The predicted molar refractivity (Wildman–Crippen MR) is 90.2 cm³/mol. The van der Waals surface area contributed by atoms with Crippen LogP contribution in [0.25, 0.3) is 10.9 Å². The lowest BCUT2D eigenvalue weighted by Crippen LogP contribution is -1.97. The first kappa shape index (κ1) is 14.3. The van der Waals surface area contributed by atoms with Gasteiger partial charge >= 0.3 is 0 Å². The maximum absolute atomic E-state index is 6.25. The van der Waals surface area contributed by atoms with Crippen molar-refractivity contribution in [3.05, 3.63) is 51.6 Å². The molecule has 0 fully saturated rings. The molecule has 3 rings (SSSR count). The van der Waals surface area contributed by atoms with Crippen molar-refractivity contribution in [2.45, 2.75) is 26.2 Å². The summed E-state index contributed by atoms with van der Waals surface area (Å²) in [6.45, 7) is 4.27. The predicted octanol–water partition coefficient (Wildman–Crippen LogP) is 4.64. The van der Waals surface area contributed by atoms with Crippen LogP contribution < -0.4 is 5.73 Å². The summed E-state index contributed by atoms with van der Waals surface area (Å²) in [5.74, 6) is 0.361. The van der Waals surface area contributed by atoms with E-state index in [-0.39, 0.29) is 0 Å². The summed E-state index contributed by atoms with van der Waals surface area (Å²) < 4.78 is 0. The maximum Gasteiger partial charge on any atom is 0.180 e. The molecule has 0 saturated heterocycles. The first-order chi connectivity index (χ1) is 10.1. The van der Waals surface area contributed by atoms with Crippen molar-refractivity contribution >= 4 is 39.0 Å². The Morgan fingerprint density at radius 3 is 2.86 bits per heavy atom. The fraction of sp³-hybridized carbons (Fsp3) is 0.250. The molecule has 0 aliphatic rings. The van der Waals surface area contributed by atoms with E-state index >= 15 is 0 Å². The second-order valence-electron chi connectivity index (χ2n) is 5.30. The Labute approximate surface area is 132 Å². The van der Waals surface area contributed by atoms with Crippen molar-refractivity contribution in [3.8, 4) is 0 Å². The molecule has 0 unspecified atom stereocenters. The largest absolute Gasteiger partial charge is 0.375 e. The van der Waals surface area contributed by atoms with Gasteiger partial charge in [-0.05, 0) is 29.7 Å². The number of nitrogens with zero attached hydrogens (tertiary/aromatic N) is 2. The van der Waals surface area contributed by atoms with Crippen LogP contribution in [-0.4, -0.2) is 9.97 Å². The highest BCUT2D eigenvalue weighted by molar-refractivity contribution is 7.15. The van der Waals surface area contributed by atoms with Crippen molar-refractivity contribution in [2.24, 2.45) is 0 Å². The molecule has 0 saturated carbocycles. The van der Waals surface area contributed by atoms with Gasteiger partial charge in [0.25, 0.3) is 0 Å². The van der Waals surface area contributed by atoms with Crippen LogP contribution >= 0.6 is 22.9 Å². The molecule has 0 atom stereocenters. The van der Waals surface area contributed by atoms with E-state index in [0.717, 1.165) is 33.6 Å². The van der Waals surface area contributed by atoms with Gasteiger partial charge in [-0.3, -0.25) is 4.98 Å². The molecule has 0 spiro atoms. The standard InChI is InChI=1S/C16H16ClN3S/c1-9(2)14-13(21-16(18)20-14)8-10-5-6-12(17)11-4-3-7-19-15(10)11/h3-7,9H,8H2,1-2H3,(H2,18,20). The van der Waals surface area contributed by atoms with Crippen molar-refractivity contribution in [1.29, 1.82) is 0 Å². The third-order valence-corrected chi connectivity index (χ3v) is 4.67. The van der Waals surface area contributed by atoms with Gasteiger partial charge in [-0.1, -0.05) is 31.5 Å². The average Bonchev–Trinajstić information content (AvgIpc) is 2.83. The molecule has 2 N–H and O–H groups in total. The van der Waals surface area contributed by atoms with Crippen LogP contribution in [0.4, 0.5) is 5.13 Å². The number of benzene rings is 1. The summed E-state index contributed by atoms with van der Waals surface area (Å²) in [6, 6.07) is 7.87. The molecule has 3 nitrogen and oxygen atoms in total. The molecule has 2 heterocycles. The Balaban J connectivity index is 2.09. The van der Waals surface area contributed by atoms with Crippen LogP contribution in [-0.2, 0) is 6.42 Å². The van der Waals surface area contributed by atoms with Crippen LogP contribution in [0.15, 0.2) is 30.5 Å². The lowest BCUT2D eigenvalue weighted by molar-refractivity contribution is 0.820. The van der Waals surface area contributed by atoms with Crippen LogP contribution in [0, 0.1) is 0 Å². The lowest BCUT2D eigenvalue weighted by Gasteiger charge is -2.08. The quantitative estimate of drug-likeness (QED) is 0.765. The molecule has 108 valence electrons. The van der Waals surface area contributed by atoms with Crippen molar-refractivity contribution in [2.75, 3.05) is 5.73 Å². The van der Waals surface area contributed by atoms with Crippen LogP contribution in [0.1, 0.15) is 35.9 Å². The first-order valence-electron chi connectivity index (χ1n) is 6.83. The number of nitrogen functional groups attached to an aromatic ring is 1. The van der Waals surface area contributed by atoms with Gasteiger partial charge in [-0.25, -0.2) is 4.98 Å². The van der Waals surface area contributed by atoms with E-state index in [4.69, 9.17) is 17.3 Å². The molecule has 2 aromatic heterocycles. The number of anilines is 1. The van der Waals surface area contributed by atoms with E-state index in [9.17, 15) is 0 Å². The highest BCUT2D eigenvalue weighted by Gasteiger charge is 2.15. The fourth-order valence-electron chi connectivity index (χ4n) is 2.47. The average molecular weight is 318 g/mol. The van der Waals surface area contributed by atoms with Gasteiger partial charge in [0.1, 0.15) is 0 Å². The molecular formula is C16H16ClN3S. The molecule has 0 aliphatic heterocycles. The number of thiazole rings is 1. The van der Waals surface area contributed by atoms with E-state index in [1.807, 2.05) is 24.3 Å². The Kier molecular flexibility index (Phi) is 3.83. The summed E-state index contributed by atoms with van der Waals surface area (Å²) >= 11 is 7.80. The van der Waals surface area contributed by atoms with Gasteiger partial charge in [0.05, 0.1) is 11.2 Å². The van der Waals surface area contributed by atoms with Gasteiger partial charge in [-0.15, -0.1) is 11.3 Å². The second-order valence-corrected chi connectivity index (χ2v) is 6.82. The van der Waals surface area contributed by atoms with E-state index in [2.05, 4.69) is 23.8 Å². The van der Waals surface area contributed by atoms with E-state index in [0.29, 0.717) is 11.0 Å². The van der Waals surface area contributed by atoms with E-state index in [1.165, 1.54) is 4.88 Å². The number of nitrogens with two attached hydrogens (primary N) is 1. The topological polar surface area (TPSA) is 51.8 Å². The first-order valence-corrected chi connectivity index (χ1v) is 8.03. The molecule has 3 aromatic rings. The minimum atomic E-state index is 0.361. The Morgan fingerprint density at radius 1 is 1.29 bits per heavy atom. The van der Waals surface area contributed by atoms with Gasteiger partial charge in [0.15, 0.2) is 5.13 Å². The Bertz CT molecular complexity index is 795. The zero-order valence-corrected chi connectivity index (χ0v) is 13.5. The molecule has 0 bridgehead atoms. The smallest absolute Gasteiger partial charge is 0.180 e. The normalized spacial score (nSPS) is 11.4. The lowest BCUT2D eigenvalue weighted by atomic mass is 10.0. The molecule has 0 radical (unpaired) electrons. The third-order valence-electron chi connectivity index (χ3n) is 3.44. The molecular weight excluding hydrogens is 302 g/mol. The van der Waals surface area contributed by atoms with Crippen molar-refractivity contribution < 1.29 is 0 Å². The summed E-state index contributed by atoms with van der Waals surface area (Å²) in [4.78, 5) is 10.1. The second kappa shape index (κ2) is 5.62. The number of halogens is 1. The molecule has 5 heteroatoms. The molecule has 0 amide bonds. The summed E-state index contributed by atoms with van der Waals surface area (Å²) in [7, 11) is 0. The SMILES string of the molecule is CC(C)c1nc(N)sc1Cc1ccc(Cl)c2cccnc12. The monoisotopic (exact) mass is 317 g/mol. The van der Waals surface area contributed by atoms with E-state index < -0.39 is 0 Å². The van der Waals surface area contributed by atoms with Gasteiger partial charge in [0, 0.05) is 27.9 Å². The van der Waals surface area contributed by atoms with Gasteiger partial charge < -0.3 is 5.73 Å². The molecule has 21 heavy (non-hydrogen) atoms. The van der Waals surface area contributed by atoms with Crippen molar-refractivity contribution in [3.63, 3.8) is 0 Å². The minimum absolute atomic E-state index is 0.361.